The van der Waals surface area contributed by atoms with E-state index in [9.17, 15) is 4.79 Å². The molecule has 1 heterocycles. The minimum absolute atomic E-state index is 0. The van der Waals surface area contributed by atoms with Gasteiger partial charge in [-0.05, 0) is 12.1 Å². The second-order valence-corrected chi connectivity index (χ2v) is 3.83. The van der Waals surface area contributed by atoms with Crippen LogP contribution in [0.1, 0.15) is 28.4 Å². The lowest BCUT2D eigenvalue weighted by molar-refractivity contribution is 0.0696. The van der Waals surface area contributed by atoms with E-state index in [1.165, 1.54) is 12.1 Å². The topological polar surface area (TPSA) is 72.5 Å². The number of hydrogen-bond acceptors (Lipinski definition) is 3. The zero-order chi connectivity index (χ0) is 11.0. The van der Waals surface area contributed by atoms with Crippen molar-refractivity contribution in [1.29, 1.82) is 0 Å². The third kappa shape index (κ3) is 2.24. The van der Waals surface area contributed by atoms with E-state index in [4.69, 9.17) is 27.2 Å². The fraction of sp³-hybridized carbons (Fsp3) is 0.300. The van der Waals surface area contributed by atoms with Gasteiger partial charge in [-0.3, -0.25) is 0 Å². The Bertz CT molecular complexity index is 423. The first-order valence-electron chi connectivity index (χ1n) is 4.54. The van der Waals surface area contributed by atoms with Crippen molar-refractivity contribution < 1.29 is 14.6 Å². The molecule has 1 atom stereocenters. The van der Waals surface area contributed by atoms with Crippen LogP contribution in [0.2, 0.25) is 5.02 Å². The molecule has 1 aliphatic heterocycles. The summed E-state index contributed by atoms with van der Waals surface area (Å²) in [6.45, 7) is 0.514. The van der Waals surface area contributed by atoms with Crippen molar-refractivity contribution in [3.05, 3.63) is 28.3 Å². The van der Waals surface area contributed by atoms with Gasteiger partial charge in [0, 0.05) is 18.0 Å². The molecule has 6 heteroatoms. The molecule has 1 aliphatic rings. The zero-order valence-corrected chi connectivity index (χ0v) is 9.85. The van der Waals surface area contributed by atoms with Crippen LogP contribution < -0.4 is 10.5 Å². The van der Waals surface area contributed by atoms with Crippen LogP contribution >= 0.6 is 24.0 Å². The number of benzene rings is 1. The van der Waals surface area contributed by atoms with E-state index in [1.54, 1.807) is 0 Å². The average Bonchev–Trinajstić information content (AvgIpc) is 2.19. The maximum atomic E-state index is 10.8. The lowest BCUT2D eigenvalue weighted by atomic mass is 9.99. The van der Waals surface area contributed by atoms with Gasteiger partial charge < -0.3 is 15.6 Å². The molecular weight excluding hydrogens is 253 g/mol. The van der Waals surface area contributed by atoms with Gasteiger partial charge in [0.15, 0.2) is 0 Å². The molecule has 0 aliphatic carbocycles. The fourth-order valence-electron chi connectivity index (χ4n) is 1.61. The number of hydrogen-bond donors (Lipinski definition) is 2. The normalized spacial score (nSPS) is 18.0. The number of halogens is 2. The molecule has 0 radical (unpaired) electrons. The van der Waals surface area contributed by atoms with Crippen molar-refractivity contribution in [2.45, 2.75) is 12.5 Å². The van der Waals surface area contributed by atoms with Crippen LogP contribution in [0.3, 0.4) is 0 Å². The molecule has 1 aromatic carbocycles. The standard InChI is InChI=1S/C10H10ClNO3.ClH/c11-7-4-5(10(13)14)3-6-8(12)1-2-15-9(6)7;/h3-4,8H,1-2,12H2,(H,13,14);1H. The molecule has 88 valence electrons. The van der Waals surface area contributed by atoms with Crippen LogP contribution in [0.15, 0.2) is 12.1 Å². The monoisotopic (exact) mass is 263 g/mol. The predicted molar refractivity (Wildman–Crippen MR) is 62.7 cm³/mol. The van der Waals surface area contributed by atoms with E-state index >= 15 is 0 Å². The lowest BCUT2D eigenvalue weighted by Gasteiger charge is -2.24. The van der Waals surface area contributed by atoms with Crippen molar-refractivity contribution in [2.75, 3.05) is 6.61 Å². The average molecular weight is 264 g/mol. The van der Waals surface area contributed by atoms with E-state index in [0.717, 1.165) is 0 Å². The third-order valence-electron chi connectivity index (χ3n) is 2.39. The fourth-order valence-corrected chi connectivity index (χ4v) is 1.89. The Balaban J connectivity index is 0.00000128. The van der Waals surface area contributed by atoms with Crippen LogP contribution in [0, 0.1) is 0 Å². The van der Waals surface area contributed by atoms with Gasteiger partial charge in [0.2, 0.25) is 0 Å². The molecule has 1 aromatic rings. The zero-order valence-electron chi connectivity index (χ0n) is 8.27. The molecule has 1 unspecified atom stereocenters. The Hall–Kier alpha value is -0.970. The first-order valence-corrected chi connectivity index (χ1v) is 4.92. The number of rotatable bonds is 1. The van der Waals surface area contributed by atoms with Gasteiger partial charge in [0.25, 0.3) is 0 Å². The summed E-state index contributed by atoms with van der Waals surface area (Å²) >= 11 is 5.91. The number of ether oxygens (including phenoxy) is 1. The SMILES string of the molecule is Cl.NC1CCOc2c(Cl)cc(C(=O)O)cc21. The minimum Gasteiger partial charge on any atom is -0.492 e. The van der Waals surface area contributed by atoms with Gasteiger partial charge in [-0.15, -0.1) is 12.4 Å². The summed E-state index contributed by atoms with van der Waals surface area (Å²) in [4.78, 5) is 10.8. The molecule has 0 aromatic heterocycles. The Morgan fingerprint density at radius 1 is 1.56 bits per heavy atom. The highest BCUT2D eigenvalue weighted by Gasteiger charge is 2.22. The highest BCUT2D eigenvalue weighted by Crippen LogP contribution is 2.37. The number of nitrogens with two attached hydrogens (primary N) is 1. The lowest BCUT2D eigenvalue weighted by Crippen LogP contribution is -2.21. The number of carboxylic acid groups (broad SMARTS) is 1. The van der Waals surface area contributed by atoms with E-state index in [2.05, 4.69) is 0 Å². The summed E-state index contributed by atoms with van der Waals surface area (Å²) < 4.78 is 5.35. The molecule has 0 saturated heterocycles. The van der Waals surface area contributed by atoms with Crippen LogP contribution in [-0.2, 0) is 0 Å². The Morgan fingerprint density at radius 3 is 2.88 bits per heavy atom. The van der Waals surface area contributed by atoms with E-state index in [0.29, 0.717) is 29.4 Å². The Labute approximate surface area is 104 Å². The highest BCUT2D eigenvalue weighted by atomic mass is 35.5. The summed E-state index contributed by atoms with van der Waals surface area (Å²) in [6, 6.07) is 2.69. The smallest absolute Gasteiger partial charge is 0.335 e. The first kappa shape index (κ1) is 13.1. The maximum absolute atomic E-state index is 10.8. The van der Waals surface area contributed by atoms with Crippen LogP contribution in [-0.4, -0.2) is 17.7 Å². The van der Waals surface area contributed by atoms with Gasteiger partial charge >= 0.3 is 5.97 Å². The minimum atomic E-state index is -1.02. The second-order valence-electron chi connectivity index (χ2n) is 3.43. The molecule has 0 saturated carbocycles. The van der Waals surface area contributed by atoms with Gasteiger partial charge in [0.05, 0.1) is 17.2 Å². The van der Waals surface area contributed by atoms with Crippen LogP contribution in [0.25, 0.3) is 0 Å². The first-order chi connectivity index (χ1) is 7.09. The number of aromatic carboxylic acids is 1. The summed E-state index contributed by atoms with van der Waals surface area (Å²) in [5, 5.41) is 9.16. The predicted octanol–water partition coefficient (Wildman–Crippen LogP) is 2.24. The molecule has 3 N–H and O–H groups in total. The highest BCUT2D eigenvalue weighted by molar-refractivity contribution is 6.32. The molecular formula is C10H11Cl2NO3. The number of carboxylic acids is 1. The molecule has 0 fully saturated rings. The van der Waals surface area contributed by atoms with Crippen molar-refractivity contribution in [3.63, 3.8) is 0 Å². The Morgan fingerprint density at radius 2 is 2.25 bits per heavy atom. The van der Waals surface area contributed by atoms with Gasteiger partial charge in [-0.1, -0.05) is 11.6 Å². The largest absolute Gasteiger partial charge is 0.492 e. The van der Waals surface area contributed by atoms with E-state index in [-0.39, 0.29) is 24.0 Å². The molecule has 0 amide bonds. The second kappa shape index (κ2) is 4.91. The van der Waals surface area contributed by atoms with E-state index < -0.39 is 5.97 Å². The third-order valence-corrected chi connectivity index (χ3v) is 2.67. The quantitative estimate of drug-likeness (QED) is 0.815. The number of fused-ring (bicyclic) bond motifs is 1. The van der Waals surface area contributed by atoms with Crippen molar-refractivity contribution in [3.8, 4) is 5.75 Å². The molecule has 0 spiro atoms. The molecule has 0 bridgehead atoms. The van der Waals surface area contributed by atoms with Crippen molar-refractivity contribution in [1.82, 2.24) is 0 Å². The van der Waals surface area contributed by atoms with Gasteiger partial charge in [-0.25, -0.2) is 4.79 Å². The summed E-state index contributed by atoms with van der Waals surface area (Å²) in [6.07, 6.45) is 0.673. The van der Waals surface area contributed by atoms with Crippen molar-refractivity contribution in [2.24, 2.45) is 5.73 Å². The Kier molecular flexibility index (Phi) is 4.02. The van der Waals surface area contributed by atoms with Gasteiger partial charge in [0.1, 0.15) is 5.75 Å². The van der Waals surface area contributed by atoms with Crippen LogP contribution in [0.4, 0.5) is 0 Å². The summed E-state index contributed by atoms with van der Waals surface area (Å²) in [5.41, 5.74) is 6.66. The summed E-state index contributed by atoms with van der Waals surface area (Å²) in [7, 11) is 0. The van der Waals surface area contributed by atoms with E-state index in [1.807, 2.05) is 0 Å². The molecule has 2 rings (SSSR count). The molecule has 16 heavy (non-hydrogen) atoms. The summed E-state index contributed by atoms with van der Waals surface area (Å²) in [5.74, 6) is -0.502. The number of carbonyl (C=O) groups is 1. The van der Waals surface area contributed by atoms with Gasteiger partial charge in [-0.2, -0.15) is 0 Å². The molecule has 4 nitrogen and oxygen atoms in total. The maximum Gasteiger partial charge on any atom is 0.335 e. The van der Waals surface area contributed by atoms with Crippen molar-refractivity contribution >= 4 is 30.0 Å². The van der Waals surface area contributed by atoms with Crippen LogP contribution in [0.5, 0.6) is 5.75 Å².